The number of aromatic nitrogens is 2. The lowest BCUT2D eigenvalue weighted by Gasteiger charge is -2.20. The molecule has 0 aliphatic rings. The van der Waals surface area contributed by atoms with E-state index in [0.29, 0.717) is 34.3 Å². The minimum atomic E-state index is -0.740. The maximum atomic E-state index is 12.7. The number of fused-ring (bicyclic) bond motifs is 1. The fourth-order valence-corrected chi connectivity index (χ4v) is 2.52. The number of amides is 1. The topological polar surface area (TPSA) is 81.5 Å². The third-order valence-electron chi connectivity index (χ3n) is 4.19. The van der Waals surface area contributed by atoms with Gasteiger partial charge in [-0.2, -0.15) is 0 Å². The Morgan fingerprint density at radius 2 is 1.92 bits per heavy atom. The third-order valence-corrected chi connectivity index (χ3v) is 4.19. The van der Waals surface area contributed by atoms with Crippen LogP contribution in [0, 0.1) is 12.3 Å². The fourth-order valence-electron chi connectivity index (χ4n) is 2.52. The molecule has 7 nitrogen and oxygen atoms in total. The van der Waals surface area contributed by atoms with E-state index < -0.39 is 11.4 Å². The SMILES string of the molecule is Cc1nc2c(OC(=O)C(C)(C)C)c(CC=O)c(C(=O)N(C)C)cc2n1C. The lowest BCUT2D eigenvalue weighted by Crippen LogP contribution is -2.27. The molecule has 0 saturated heterocycles. The van der Waals surface area contributed by atoms with Gasteiger partial charge in [-0.15, -0.1) is 0 Å². The Hall–Kier alpha value is -2.70. The van der Waals surface area contributed by atoms with Gasteiger partial charge in [0.05, 0.1) is 10.9 Å². The van der Waals surface area contributed by atoms with Gasteiger partial charge >= 0.3 is 5.97 Å². The molecule has 2 aromatic rings. The average molecular weight is 359 g/mol. The molecule has 0 spiro atoms. The number of carbonyl (C=O) groups excluding carboxylic acids is 3. The number of ether oxygens (including phenoxy) is 1. The van der Waals surface area contributed by atoms with Crippen LogP contribution >= 0.6 is 0 Å². The van der Waals surface area contributed by atoms with E-state index in [0.717, 1.165) is 0 Å². The fraction of sp³-hybridized carbons (Fsp3) is 0.474. The van der Waals surface area contributed by atoms with Crippen molar-refractivity contribution in [3.8, 4) is 5.75 Å². The van der Waals surface area contributed by atoms with Crippen LogP contribution in [0.25, 0.3) is 11.0 Å². The molecule has 0 bridgehead atoms. The van der Waals surface area contributed by atoms with Gasteiger partial charge in [0.15, 0.2) is 5.75 Å². The highest BCUT2D eigenvalue weighted by atomic mass is 16.5. The summed E-state index contributed by atoms with van der Waals surface area (Å²) in [5.41, 5.74) is 1.10. The number of esters is 1. The summed E-state index contributed by atoms with van der Waals surface area (Å²) in [5.74, 6) is 0.169. The minimum absolute atomic E-state index is 0.0484. The second-order valence-electron chi connectivity index (χ2n) is 7.53. The first kappa shape index (κ1) is 19.6. The van der Waals surface area contributed by atoms with E-state index in [4.69, 9.17) is 4.74 Å². The van der Waals surface area contributed by atoms with Gasteiger partial charge in [-0.1, -0.05) is 0 Å². The standard InChI is InChI=1S/C19H25N3O4/c1-11-20-15-14(22(11)7)10-13(17(24)21(5)6)12(8-9-23)16(15)26-18(25)19(2,3)4/h9-10H,8H2,1-7H3. The highest BCUT2D eigenvalue weighted by Gasteiger charge is 2.29. The van der Waals surface area contributed by atoms with E-state index in [2.05, 4.69) is 4.98 Å². The summed E-state index contributed by atoms with van der Waals surface area (Å²) < 4.78 is 7.49. The molecule has 0 unspecified atom stereocenters. The summed E-state index contributed by atoms with van der Waals surface area (Å²) in [6, 6.07) is 1.70. The van der Waals surface area contributed by atoms with Gasteiger partial charge in [0.1, 0.15) is 17.6 Å². The van der Waals surface area contributed by atoms with Crippen LogP contribution in [-0.2, 0) is 23.1 Å². The lowest BCUT2D eigenvalue weighted by atomic mass is 9.96. The molecule has 140 valence electrons. The van der Waals surface area contributed by atoms with Gasteiger partial charge in [0, 0.05) is 38.7 Å². The second-order valence-corrected chi connectivity index (χ2v) is 7.53. The summed E-state index contributed by atoms with van der Waals surface area (Å²) in [5, 5.41) is 0. The Morgan fingerprint density at radius 3 is 2.42 bits per heavy atom. The Kier molecular flexibility index (Phi) is 5.21. The molecule has 0 radical (unpaired) electrons. The largest absolute Gasteiger partial charge is 0.423 e. The quantitative estimate of drug-likeness (QED) is 0.475. The predicted molar refractivity (Wildman–Crippen MR) is 98.3 cm³/mol. The van der Waals surface area contributed by atoms with E-state index >= 15 is 0 Å². The number of carbonyl (C=O) groups is 3. The van der Waals surface area contributed by atoms with Crippen LogP contribution in [0.15, 0.2) is 6.07 Å². The van der Waals surface area contributed by atoms with Gasteiger partial charge in [0.25, 0.3) is 5.91 Å². The molecule has 2 rings (SSSR count). The first-order chi connectivity index (χ1) is 12.0. The molecule has 1 heterocycles. The molecule has 1 amide bonds. The first-order valence-corrected chi connectivity index (χ1v) is 8.35. The number of aldehydes is 1. The summed E-state index contributed by atoms with van der Waals surface area (Å²) in [6.45, 7) is 7.04. The summed E-state index contributed by atoms with van der Waals surface area (Å²) in [4.78, 5) is 42.4. The molecule has 1 aromatic carbocycles. The number of rotatable bonds is 4. The van der Waals surface area contributed by atoms with Crippen molar-refractivity contribution in [2.24, 2.45) is 12.5 Å². The lowest BCUT2D eigenvalue weighted by molar-refractivity contribution is -0.143. The van der Waals surface area contributed by atoms with Gasteiger partial charge in [-0.25, -0.2) is 4.98 Å². The second kappa shape index (κ2) is 6.90. The number of nitrogens with zero attached hydrogens (tertiary/aromatic N) is 3. The maximum Gasteiger partial charge on any atom is 0.316 e. The zero-order chi connectivity index (χ0) is 19.8. The van der Waals surface area contributed by atoms with Crippen LogP contribution in [0.3, 0.4) is 0 Å². The van der Waals surface area contributed by atoms with E-state index in [1.807, 2.05) is 18.5 Å². The maximum absolute atomic E-state index is 12.7. The van der Waals surface area contributed by atoms with Crippen LogP contribution in [-0.4, -0.2) is 46.7 Å². The number of benzene rings is 1. The van der Waals surface area contributed by atoms with Crippen molar-refractivity contribution in [1.82, 2.24) is 14.5 Å². The van der Waals surface area contributed by atoms with Crippen molar-refractivity contribution >= 4 is 29.2 Å². The highest BCUT2D eigenvalue weighted by molar-refractivity contribution is 6.02. The number of aryl methyl sites for hydroxylation is 2. The molecule has 0 aliphatic carbocycles. The minimum Gasteiger partial charge on any atom is -0.423 e. The molecule has 0 N–H and O–H groups in total. The Bertz CT molecular complexity index is 889. The number of imidazole rings is 1. The van der Waals surface area contributed by atoms with Gasteiger partial charge in [-0.05, 0) is 33.8 Å². The Balaban J connectivity index is 2.85. The zero-order valence-corrected chi connectivity index (χ0v) is 16.3. The molecule has 0 fully saturated rings. The molecular weight excluding hydrogens is 334 g/mol. The summed E-state index contributed by atoms with van der Waals surface area (Å²) >= 11 is 0. The molecule has 26 heavy (non-hydrogen) atoms. The van der Waals surface area contributed by atoms with Gasteiger partial charge in [-0.3, -0.25) is 9.59 Å². The van der Waals surface area contributed by atoms with Crippen LogP contribution in [0.2, 0.25) is 0 Å². The predicted octanol–water partition coefficient (Wildman–Crippen LogP) is 2.28. The smallest absolute Gasteiger partial charge is 0.316 e. The van der Waals surface area contributed by atoms with Crippen molar-refractivity contribution in [3.63, 3.8) is 0 Å². The summed E-state index contributed by atoms with van der Waals surface area (Å²) in [7, 11) is 5.09. The molecule has 0 atom stereocenters. The van der Waals surface area contributed by atoms with Crippen molar-refractivity contribution in [2.75, 3.05) is 14.1 Å². The van der Waals surface area contributed by atoms with E-state index in [9.17, 15) is 14.4 Å². The van der Waals surface area contributed by atoms with Crippen molar-refractivity contribution in [1.29, 1.82) is 0 Å². The van der Waals surface area contributed by atoms with Crippen LogP contribution < -0.4 is 4.74 Å². The van der Waals surface area contributed by atoms with Crippen LogP contribution in [0.4, 0.5) is 0 Å². The van der Waals surface area contributed by atoms with E-state index in [1.54, 1.807) is 40.9 Å². The number of hydrogen-bond donors (Lipinski definition) is 0. The normalized spacial score (nSPS) is 11.5. The Morgan fingerprint density at radius 1 is 1.31 bits per heavy atom. The zero-order valence-electron chi connectivity index (χ0n) is 16.3. The van der Waals surface area contributed by atoms with Crippen molar-refractivity contribution in [3.05, 3.63) is 23.0 Å². The highest BCUT2D eigenvalue weighted by Crippen LogP contribution is 2.35. The van der Waals surface area contributed by atoms with Crippen molar-refractivity contribution < 1.29 is 19.1 Å². The first-order valence-electron chi connectivity index (χ1n) is 8.35. The van der Waals surface area contributed by atoms with Crippen LogP contribution in [0.1, 0.15) is 42.5 Å². The van der Waals surface area contributed by atoms with Gasteiger partial charge < -0.3 is 19.0 Å². The molecular formula is C19H25N3O4. The third kappa shape index (κ3) is 3.47. The molecule has 0 aliphatic heterocycles. The average Bonchev–Trinajstić information content (AvgIpc) is 2.82. The van der Waals surface area contributed by atoms with Crippen molar-refractivity contribution in [2.45, 2.75) is 34.1 Å². The molecule has 1 aromatic heterocycles. The van der Waals surface area contributed by atoms with Crippen LogP contribution in [0.5, 0.6) is 5.75 Å². The van der Waals surface area contributed by atoms with E-state index in [-0.39, 0.29) is 18.1 Å². The Labute approximate surface area is 152 Å². The molecule has 7 heteroatoms. The molecule has 0 saturated carbocycles. The number of hydrogen-bond acceptors (Lipinski definition) is 5. The van der Waals surface area contributed by atoms with E-state index in [1.165, 1.54) is 4.90 Å². The summed E-state index contributed by atoms with van der Waals surface area (Å²) in [6.07, 6.45) is 0.644. The van der Waals surface area contributed by atoms with Gasteiger partial charge in [0.2, 0.25) is 0 Å². The monoisotopic (exact) mass is 359 g/mol.